The number of unbranched alkanes of at least 4 members (excludes halogenated alkanes) is 20. The van der Waals surface area contributed by atoms with Crippen molar-refractivity contribution in [3.05, 3.63) is 72.9 Å². The molecule has 0 aromatic rings. The van der Waals surface area contributed by atoms with E-state index >= 15 is 0 Å². The molecule has 0 bridgehead atoms. The molecular formula is C50H90NO7P. The van der Waals surface area contributed by atoms with Gasteiger partial charge < -0.3 is 20.1 Å². The first kappa shape index (κ1) is 56.9. The molecule has 0 fully saturated rings. The monoisotopic (exact) mass is 848 g/mol. The molecule has 0 aromatic heterocycles. The number of rotatable bonds is 45. The van der Waals surface area contributed by atoms with Crippen LogP contribution in [0.1, 0.15) is 200 Å². The molecule has 0 heterocycles. The first-order valence-electron chi connectivity index (χ1n) is 23.9. The quantitative estimate of drug-likeness (QED) is 0.0269. The number of carbonyl (C=O) groups excluding carboxylic acids is 1. The molecule has 0 spiro atoms. The van der Waals surface area contributed by atoms with Crippen molar-refractivity contribution >= 4 is 13.8 Å². The van der Waals surface area contributed by atoms with Crippen molar-refractivity contribution in [3.63, 3.8) is 0 Å². The van der Waals surface area contributed by atoms with Gasteiger partial charge in [0.25, 0.3) is 0 Å². The van der Waals surface area contributed by atoms with E-state index in [-0.39, 0.29) is 32.3 Å². The third-order valence-electron chi connectivity index (χ3n) is 9.86. The maximum atomic E-state index is 12.6. The molecule has 0 saturated heterocycles. The van der Waals surface area contributed by atoms with Gasteiger partial charge in [0.1, 0.15) is 6.10 Å². The Bertz CT molecular complexity index is 1130. The van der Waals surface area contributed by atoms with Crippen LogP contribution in [-0.4, -0.2) is 49.9 Å². The second kappa shape index (κ2) is 47.0. The van der Waals surface area contributed by atoms with Crippen molar-refractivity contribution in [2.45, 2.75) is 206 Å². The molecule has 0 amide bonds. The fraction of sp³-hybridized carbons (Fsp3) is 0.740. The number of hydrogen-bond donors (Lipinski definition) is 2. The maximum Gasteiger partial charge on any atom is 0.472 e. The van der Waals surface area contributed by atoms with Crippen LogP contribution < -0.4 is 5.73 Å². The Morgan fingerprint density at radius 1 is 0.525 bits per heavy atom. The lowest BCUT2D eigenvalue weighted by molar-refractivity contribution is -0.154. The molecule has 0 aliphatic rings. The molecule has 9 heteroatoms. The number of nitrogens with two attached hydrogens (primary N) is 1. The van der Waals surface area contributed by atoms with Gasteiger partial charge >= 0.3 is 13.8 Å². The molecular weight excluding hydrogens is 758 g/mol. The van der Waals surface area contributed by atoms with E-state index in [4.69, 9.17) is 24.3 Å². The fourth-order valence-electron chi connectivity index (χ4n) is 6.36. The standard InChI is InChI=1S/C50H90NO7P/c1-3-5-7-9-11-13-15-17-19-20-21-22-23-24-25-26-27-28-29-30-32-34-36-38-40-42-45-55-47-49(48-57-59(53,54)56-46-44-51)58-50(52)43-41-39-37-35-33-31-18-16-14-12-10-8-6-4-2/h5,7,10-13,16-19,21-22,49H,3-4,6,8-9,14-15,20,23-48,51H2,1-2H3,(H,53,54)/b7-5-,12-10-,13-11-,18-16-,19-17-,22-21-. The summed E-state index contributed by atoms with van der Waals surface area (Å²) in [5.41, 5.74) is 5.38. The fourth-order valence-corrected chi connectivity index (χ4v) is 7.12. The zero-order chi connectivity index (χ0) is 43.0. The molecule has 0 aliphatic heterocycles. The lowest BCUT2D eigenvalue weighted by Gasteiger charge is -2.20. The largest absolute Gasteiger partial charge is 0.472 e. The zero-order valence-electron chi connectivity index (χ0n) is 38.0. The van der Waals surface area contributed by atoms with Crippen LogP contribution >= 0.6 is 7.82 Å². The topological polar surface area (TPSA) is 117 Å². The number of phosphoric ester groups is 1. The van der Waals surface area contributed by atoms with Gasteiger partial charge in [-0.2, -0.15) is 0 Å². The Hall–Kier alpha value is -2.06. The van der Waals surface area contributed by atoms with Gasteiger partial charge in [0.2, 0.25) is 0 Å². The average Bonchev–Trinajstić information content (AvgIpc) is 3.23. The van der Waals surface area contributed by atoms with Gasteiger partial charge in [0.15, 0.2) is 0 Å². The summed E-state index contributed by atoms with van der Waals surface area (Å²) in [4.78, 5) is 22.5. The van der Waals surface area contributed by atoms with E-state index in [2.05, 4.69) is 86.8 Å². The minimum Gasteiger partial charge on any atom is -0.457 e. The highest BCUT2D eigenvalue weighted by atomic mass is 31.2. The summed E-state index contributed by atoms with van der Waals surface area (Å²) in [5, 5.41) is 0. The highest BCUT2D eigenvalue weighted by Gasteiger charge is 2.25. The molecule has 0 aliphatic carbocycles. The van der Waals surface area contributed by atoms with Crippen LogP contribution in [0.15, 0.2) is 72.9 Å². The SMILES string of the molecule is CC/C=C\C/C=C\C/C=C\C/C=C\CCCCCCCCCCCCCCCOCC(COP(=O)(O)OCCN)OC(=O)CCCCCCC/C=C\C/C=C\CCCC. The minimum absolute atomic E-state index is 0.0951. The molecule has 2 unspecified atom stereocenters. The van der Waals surface area contributed by atoms with Gasteiger partial charge in [-0.15, -0.1) is 0 Å². The summed E-state index contributed by atoms with van der Waals surface area (Å²) in [6.07, 6.45) is 59.3. The van der Waals surface area contributed by atoms with Gasteiger partial charge in [-0.1, -0.05) is 189 Å². The molecule has 8 nitrogen and oxygen atoms in total. The highest BCUT2D eigenvalue weighted by Crippen LogP contribution is 2.43. The lowest BCUT2D eigenvalue weighted by atomic mass is 10.0. The third kappa shape index (κ3) is 46.9. The van der Waals surface area contributed by atoms with E-state index in [9.17, 15) is 14.3 Å². The normalized spacial score (nSPS) is 14.0. The van der Waals surface area contributed by atoms with E-state index in [0.29, 0.717) is 13.0 Å². The zero-order valence-corrected chi connectivity index (χ0v) is 38.9. The summed E-state index contributed by atoms with van der Waals surface area (Å²) in [6.45, 7) is 4.75. The highest BCUT2D eigenvalue weighted by molar-refractivity contribution is 7.47. The number of carbonyl (C=O) groups is 1. The lowest BCUT2D eigenvalue weighted by Crippen LogP contribution is -2.28. The van der Waals surface area contributed by atoms with E-state index in [0.717, 1.165) is 83.5 Å². The molecule has 3 N–H and O–H groups in total. The van der Waals surface area contributed by atoms with Crippen LogP contribution in [0.4, 0.5) is 0 Å². The van der Waals surface area contributed by atoms with Crippen LogP contribution in [0.3, 0.4) is 0 Å². The van der Waals surface area contributed by atoms with Crippen molar-refractivity contribution < 1.29 is 32.8 Å². The summed E-state index contributed by atoms with van der Waals surface area (Å²) in [5.74, 6) is -0.346. The van der Waals surface area contributed by atoms with E-state index in [1.165, 1.54) is 96.3 Å². The van der Waals surface area contributed by atoms with Crippen LogP contribution in [0.25, 0.3) is 0 Å². The summed E-state index contributed by atoms with van der Waals surface area (Å²) in [7, 11) is -4.29. The van der Waals surface area contributed by atoms with Crippen LogP contribution in [0.2, 0.25) is 0 Å². The average molecular weight is 848 g/mol. The Labute approximate surface area is 363 Å². The summed E-state index contributed by atoms with van der Waals surface area (Å²) in [6, 6.07) is 0. The number of ether oxygens (including phenoxy) is 2. The van der Waals surface area contributed by atoms with Crippen molar-refractivity contribution in [2.75, 3.05) is 33.0 Å². The second-order valence-corrected chi connectivity index (χ2v) is 17.0. The Morgan fingerprint density at radius 2 is 0.949 bits per heavy atom. The maximum absolute atomic E-state index is 12.6. The van der Waals surface area contributed by atoms with Crippen molar-refractivity contribution in [1.82, 2.24) is 0 Å². The Morgan fingerprint density at radius 3 is 1.42 bits per heavy atom. The van der Waals surface area contributed by atoms with E-state index in [1.54, 1.807) is 0 Å². The van der Waals surface area contributed by atoms with Gasteiger partial charge in [-0.25, -0.2) is 4.57 Å². The van der Waals surface area contributed by atoms with E-state index in [1.807, 2.05) is 0 Å². The van der Waals surface area contributed by atoms with Gasteiger partial charge in [-0.05, 0) is 77.0 Å². The number of phosphoric acid groups is 1. The predicted octanol–water partition coefficient (Wildman–Crippen LogP) is 14.7. The Kier molecular flexibility index (Phi) is 45.4. The second-order valence-electron chi connectivity index (χ2n) is 15.6. The molecule has 0 saturated carbocycles. The number of allylic oxidation sites excluding steroid dienone is 12. The van der Waals surface area contributed by atoms with Crippen LogP contribution in [0, 0.1) is 0 Å². The van der Waals surface area contributed by atoms with Crippen molar-refractivity contribution in [1.29, 1.82) is 0 Å². The van der Waals surface area contributed by atoms with Gasteiger partial charge in [0, 0.05) is 19.6 Å². The minimum atomic E-state index is -4.29. The molecule has 0 aromatic carbocycles. The molecule has 2 atom stereocenters. The van der Waals surface area contributed by atoms with Gasteiger partial charge in [0.05, 0.1) is 19.8 Å². The predicted molar refractivity (Wildman–Crippen MR) is 252 cm³/mol. The van der Waals surface area contributed by atoms with Crippen LogP contribution in [-0.2, 0) is 27.9 Å². The molecule has 342 valence electrons. The number of esters is 1. The molecule has 0 rings (SSSR count). The molecule has 59 heavy (non-hydrogen) atoms. The smallest absolute Gasteiger partial charge is 0.457 e. The number of hydrogen-bond acceptors (Lipinski definition) is 7. The summed E-state index contributed by atoms with van der Waals surface area (Å²) >= 11 is 0. The Balaban J connectivity index is 3.93. The third-order valence-corrected chi connectivity index (χ3v) is 10.8. The van der Waals surface area contributed by atoms with Crippen molar-refractivity contribution in [2.24, 2.45) is 5.73 Å². The van der Waals surface area contributed by atoms with Gasteiger partial charge in [-0.3, -0.25) is 13.8 Å². The molecule has 0 radical (unpaired) electrons. The summed E-state index contributed by atoms with van der Waals surface area (Å²) < 4.78 is 33.5. The van der Waals surface area contributed by atoms with Crippen LogP contribution in [0.5, 0.6) is 0 Å². The van der Waals surface area contributed by atoms with E-state index < -0.39 is 13.9 Å². The first-order chi connectivity index (χ1) is 28.9. The van der Waals surface area contributed by atoms with Crippen molar-refractivity contribution in [3.8, 4) is 0 Å². The first-order valence-corrected chi connectivity index (χ1v) is 25.4.